The van der Waals surface area contributed by atoms with E-state index in [1.807, 2.05) is 41.7 Å². The van der Waals surface area contributed by atoms with Crippen LogP contribution in [-0.2, 0) is 18.4 Å². The van der Waals surface area contributed by atoms with Crippen LogP contribution in [0.15, 0.2) is 67.1 Å². The molecule has 2 aliphatic heterocycles. The predicted molar refractivity (Wildman–Crippen MR) is 136 cm³/mol. The SMILES string of the molecule is O=C(NCCCCc1ccncc1)N1CCC2(CCn3nc(-c4cnc5ccccc5c4)cc32)C1. The van der Waals surface area contributed by atoms with Crippen molar-refractivity contribution < 1.29 is 4.79 Å². The third kappa shape index (κ3) is 4.27. The molecule has 1 fully saturated rings. The summed E-state index contributed by atoms with van der Waals surface area (Å²) >= 11 is 0. The quantitative estimate of drug-likeness (QED) is 0.422. The molecule has 2 aliphatic rings. The molecule has 7 heteroatoms. The van der Waals surface area contributed by atoms with Crippen LogP contribution in [0.4, 0.5) is 4.79 Å². The zero-order chi connectivity index (χ0) is 23.7. The van der Waals surface area contributed by atoms with Crippen LogP contribution in [0.3, 0.4) is 0 Å². The Hall–Kier alpha value is -3.74. The first kappa shape index (κ1) is 21.8. The highest BCUT2D eigenvalue weighted by molar-refractivity contribution is 5.82. The molecule has 2 amide bonds. The summed E-state index contributed by atoms with van der Waals surface area (Å²) in [6.07, 6.45) is 10.7. The van der Waals surface area contributed by atoms with E-state index in [2.05, 4.69) is 50.3 Å². The van der Waals surface area contributed by atoms with Crippen LogP contribution in [-0.4, -0.2) is 50.3 Å². The average Bonchev–Trinajstić information content (AvgIpc) is 3.61. The number of benzene rings is 1. The lowest BCUT2D eigenvalue weighted by Gasteiger charge is -2.23. The summed E-state index contributed by atoms with van der Waals surface area (Å²) in [6.45, 7) is 3.17. The third-order valence-electron chi connectivity index (χ3n) is 7.57. The lowest BCUT2D eigenvalue weighted by atomic mass is 9.82. The second-order valence-corrected chi connectivity index (χ2v) is 9.80. The Labute approximate surface area is 205 Å². The maximum Gasteiger partial charge on any atom is 0.317 e. The van der Waals surface area contributed by atoms with E-state index in [1.165, 1.54) is 11.3 Å². The maximum atomic E-state index is 12.9. The van der Waals surface area contributed by atoms with Crippen molar-refractivity contribution in [3.8, 4) is 11.3 Å². The van der Waals surface area contributed by atoms with Gasteiger partial charge < -0.3 is 10.2 Å². The number of carbonyl (C=O) groups excluding carboxylic acids is 1. The number of hydrogen-bond acceptors (Lipinski definition) is 4. The topological polar surface area (TPSA) is 75.9 Å². The number of amides is 2. The van der Waals surface area contributed by atoms with Gasteiger partial charge in [-0.3, -0.25) is 14.6 Å². The Morgan fingerprint density at radius 3 is 2.80 bits per heavy atom. The van der Waals surface area contributed by atoms with Gasteiger partial charge in [-0.25, -0.2) is 4.79 Å². The third-order valence-corrected chi connectivity index (χ3v) is 7.57. The van der Waals surface area contributed by atoms with Crippen molar-refractivity contribution in [1.82, 2.24) is 30.0 Å². The van der Waals surface area contributed by atoms with Gasteiger partial charge in [0.2, 0.25) is 0 Å². The number of nitrogens with zero attached hydrogens (tertiary/aromatic N) is 5. The van der Waals surface area contributed by atoms with Crippen molar-refractivity contribution in [3.63, 3.8) is 0 Å². The first-order chi connectivity index (χ1) is 17.2. The molecule has 1 atom stereocenters. The van der Waals surface area contributed by atoms with Crippen molar-refractivity contribution in [3.05, 3.63) is 78.4 Å². The van der Waals surface area contributed by atoms with Crippen LogP contribution >= 0.6 is 0 Å². The summed E-state index contributed by atoms with van der Waals surface area (Å²) in [4.78, 5) is 23.5. The number of aromatic nitrogens is 4. The van der Waals surface area contributed by atoms with Crippen molar-refractivity contribution in [2.75, 3.05) is 19.6 Å². The zero-order valence-corrected chi connectivity index (χ0v) is 19.9. The van der Waals surface area contributed by atoms with Crippen LogP contribution in [0, 0.1) is 0 Å². The number of carbonyl (C=O) groups is 1. The van der Waals surface area contributed by atoms with E-state index < -0.39 is 0 Å². The molecule has 0 saturated carbocycles. The second kappa shape index (κ2) is 9.13. The first-order valence-electron chi connectivity index (χ1n) is 12.6. The van der Waals surface area contributed by atoms with Gasteiger partial charge in [0.05, 0.1) is 11.2 Å². The van der Waals surface area contributed by atoms with Gasteiger partial charge >= 0.3 is 6.03 Å². The van der Waals surface area contributed by atoms with Crippen molar-refractivity contribution in [1.29, 1.82) is 0 Å². The average molecular weight is 467 g/mol. The summed E-state index contributed by atoms with van der Waals surface area (Å²) in [5, 5.41) is 9.16. The molecule has 3 aromatic heterocycles. The van der Waals surface area contributed by atoms with Gasteiger partial charge in [-0.05, 0) is 68.0 Å². The summed E-state index contributed by atoms with van der Waals surface area (Å²) in [5.74, 6) is 0. The van der Waals surface area contributed by atoms with Crippen LogP contribution in [0.25, 0.3) is 22.2 Å². The van der Waals surface area contributed by atoms with Crippen LogP contribution in [0.5, 0.6) is 0 Å². The molecule has 1 aromatic carbocycles. The van der Waals surface area contributed by atoms with E-state index in [-0.39, 0.29) is 11.4 Å². The van der Waals surface area contributed by atoms with Gasteiger partial charge in [0, 0.05) is 66.8 Å². The van der Waals surface area contributed by atoms with E-state index in [9.17, 15) is 4.79 Å². The smallest absolute Gasteiger partial charge is 0.317 e. The number of nitrogens with one attached hydrogen (secondary N) is 1. The van der Waals surface area contributed by atoms with Gasteiger partial charge in [-0.1, -0.05) is 18.2 Å². The molecular weight excluding hydrogens is 436 g/mol. The monoisotopic (exact) mass is 466 g/mol. The van der Waals surface area contributed by atoms with Gasteiger partial charge in [0.1, 0.15) is 0 Å². The minimum absolute atomic E-state index is 0.00815. The van der Waals surface area contributed by atoms with Gasteiger partial charge in [-0.15, -0.1) is 0 Å². The number of para-hydroxylation sites is 1. The Kier molecular flexibility index (Phi) is 5.68. The fourth-order valence-corrected chi connectivity index (χ4v) is 5.58. The first-order valence-corrected chi connectivity index (χ1v) is 12.6. The highest BCUT2D eigenvalue weighted by atomic mass is 16.2. The number of rotatable bonds is 6. The predicted octanol–water partition coefficient (Wildman–Crippen LogP) is 4.57. The normalized spacial score (nSPS) is 18.9. The number of fused-ring (bicyclic) bond motifs is 3. The number of unbranched alkanes of at least 4 members (excludes halogenated alkanes) is 1. The van der Waals surface area contributed by atoms with Crippen molar-refractivity contribution in [2.45, 2.75) is 44.1 Å². The Morgan fingerprint density at radius 2 is 1.89 bits per heavy atom. The number of hydrogen-bond donors (Lipinski definition) is 1. The molecule has 1 unspecified atom stereocenters. The number of likely N-dealkylation sites (tertiary alicyclic amines) is 1. The maximum absolute atomic E-state index is 12.9. The van der Waals surface area contributed by atoms with Crippen LogP contribution < -0.4 is 5.32 Å². The van der Waals surface area contributed by atoms with E-state index >= 15 is 0 Å². The van der Waals surface area contributed by atoms with E-state index in [0.29, 0.717) is 6.54 Å². The summed E-state index contributed by atoms with van der Waals surface area (Å²) in [5.41, 5.74) is 5.57. The number of urea groups is 1. The second-order valence-electron chi connectivity index (χ2n) is 9.80. The molecule has 1 N–H and O–H groups in total. The lowest BCUT2D eigenvalue weighted by Crippen LogP contribution is -2.40. The Balaban J connectivity index is 1.07. The molecule has 7 nitrogen and oxygen atoms in total. The summed E-state index contributed by atoms with van der Waals surface area (Å²) in [7, 11) is 0. The number of pyridine rings is 2. The number of aryl methyl sites for hydroxylation is 2. The largest absolute Gasteiger partial charge is 0.338 e. The molecule has 1 saturated heterocycles. The van der Waals surface area contributed by atoms with Crippen molar-refractivity contribution in [2.24, 2.45) is 0 Å². The molecule has 1 spiro atoms. The zero-order valence-electron chi connectivity index (χ0n) is 19.9. The summed E-state index contributed by atoms with van der Waals surface area (Å²) < 4.78 is 2.14. The van der Waals surface area contributed by atoms with E-state index in [0.717, 1.165) is 73.9 Å². The molecular formula is C28H30N6O. The highest BCUT2D eigenvalue weighted by Crippen LogP contribution is 2.43. The molecule has 178 valence electrons. The Morgan fingerprint density at radius 1 is 1.03 bits per heavy atom. The van der Waals surface area contributed by atoms with Gasteiger partial charge in [-0.2, -0.15) is 5.10 Å². The van der Waals surface area contributed by atoms with Gasteiger partial charge in [0.25, 0.3) is 0 Å². The fourth-order valence-electron chi connectivity index (χ4n) is 5.58. The van der Waals surface area contributed by atoms with Gasteiger partial charge in [0.15, 0.2) is 0 Å². The van der Waals surface area contributed by atoms with E-state index in [1.54, 1.807) is 0 Å². The standard InChI is InChI=1S/C28H30N6O/c35-27(30-12-4-3-5-21-8-13-29-14-9-21)33-15-10-28(20-33)11-16-34-26(28)18-25(32-34)23-17-22-6-1-2-7-24(22)31-19-23/h1-2,6-9,13-14,17-19H,3-5,10-12,15-16,20H2,(H,30,35). The fraction of sp³-hybridized carbons (Fsp3) is 0.357. The molecule has 4 aromatic rings. The Bertz CT molecular complexity index is 1350. The van der Waals surface area contributed by atoms with E-state index in [4.69, 9.17) is 5.10 Å². The molecule has 5 heterocycles. The summed E-state index contributed by atoms with van der Waals surface area (Å²) in [6, 6.07) is 16.7. The molecule has 6 rings (SSSR count). The lowest BCUT2D eigenvalue weighted by molar-refractivity contribution is 0.205. The molecule has 0 radical (unpaired) electrons. The molecule has 35 heavy (non-hydrogen) atoms. The highest BCUT2D eigenvalue weighted by Gasteiger charge is 2.46. The van der Waals surface area contributed by atoms with Crippen molar-refractivity contribution >= 4 is 16.9 Å². The minimum atomic E-state index is 0.00815. The minimum Gasteiger partial charge on any atom is -0.338 e. The van der Waals surface area contributed by atoms with Crippen LogP contribution in [0.2, 0.25) is 0 Å². The molecule has 0 aliphatic carbocycles. The molecule has 0 bridgehead atoms. The van der Waals surface area contributed by atoms with Crippen LogP contribution in [0.1, 0.15) is 36.9 Å².